The van der Waals surface area contributed by atoms with E-state index in [4.69, 9.17) is 0 Å². The zero-order chi connectivity index (χ0) is 9.26. The van der Waals surface area contributed by atoms with Crippen molar-refractivity contribution in [2.75, 3.05) is 0 Å². The lowest BCUT2D eigenvalue weighted by Crippen LogP contribution is -1.93. The molecule has 13 heavy (non-hydrogen) atoms. The van der Waals surface area contributed by atoms with Gasteiger partial charge in [-0.2, -0.15) is 10.5 Å². The molecule has 0 unspecified atom stereocenters. The molecule has 2 rings (SSSR count). The maximum absolute atomic E-state index is 4.06. The highest BCUT2D eigenvalue weighted by atomic mass is 79.9. The van der Waals surface area contributed by atoms with Crippen molar-refractivity contribution >= 4 is 21.6 Å². The first-order valence-corrected chi connectivity index (χ1v) is 4.78. The topological polar surface area (TPSA) is 26.5 Å². The second kappa shape index (κ2) is 3.34. The van der Waals surface area contributed by atoms with E-state index in [-0.39, 0.29) is 0 Å². The molecular weight excluding hydrogens is 228 g/mol. The van der Waals surface area contributed by atoms with Crippen molar-refractivity contribution in [2.45, 2.75) is 6.92 Å². The van der Waals surface area contributed by atoms with Gasteiger partial charge >= 0.3 is 0 Å². The maximum Gasteiger partial charge on any atom is 0.0948 e. The average Bonchev–Trinajstić information content (AvgIpc) is 2.52. The minimum absolute atomic E-state index is 0.929. The van der Waals surface area contributed by atoms with E-state index in [2.05, 4.69) is 26.5 Å². The molecule has 0 saturated heterocycles. The van der Waals surface area contributed by atoms with E-state index < -0.39 is 0 Å². The van der Waals surface area contributed by atoms with Gasteiger partial charge in [0.2, 0.25) is 0 Å². The van der Waals surface area contributed by atoms with Crippen LogP contribution in [0.25, 0.3) is 0 Å². The van der Waals surface area contributed by atoms with Gasteiger partial charge < -0.3 is 0 Å². The SMILES string of the molecule is CC1=CC(c2cccc(Br)c2)=N[N]1. The minimum Gasteiger partial charge on any atom is -0.155 e. The van der Waals surface area contributed by atoms with Crippen molar-refractivity contribution in [3.05, 3.63) is 46.1 Å². The summed E-state index contributed by atoms with van der Waals surface area (Å²) in [6.45, 7) is 1.94. The van der Waals surface area contributed by atoms with Crippen molar-refractivity contribution in [1.82, 2.24) is 5.43 Å². The Morgan fingerprint density at radius 2 is 2.15 bits per heavy atom. The average molecular weight is 236 g/mol. The van der Waals surface area contributed by atoms with Crippen molar-refractivity contribution in [3.63, 3.8) is 0 Å². The molecule has 2 nitrogen and oxygen atoms in total. The third-order valence-electron chi connectivity index (χ3n) is 1.78. The lowest BCUT2D eigenvalue weighted by molar-refractivity contribution is 0.895. The Morgan fingerprint density at radius 1 is 1.31 bits per heavy atom. The molecule has 3 heteroatoms. The molecule has 0 saturated carbocycles. The Bertz CT molecular complexity index is 394. The molecular formula is C10H8BrN2. The van der Waals surface area contributed by atoms with Crippen LogP contribution >= 0.6 is 15.9 Å². The van der Waals surface area contributed by atoms with Gasteiger partial charge in [0.15, 0.2) is 0 Å². The van der Waals surface area contributed by atoms with Crippen LogP contribution in [-0.2, 0) is 0 Å². The monoisotopic (exact) mass is 235 g/mol. The summed E-state index contributed by atoms with van der Waals surface area (Å²) in [5.41, 5.74) is 6.93. The molecule has 1 aromatic rings. The minimum atomic E-state index is 0.929. The van der Waals surface area contributed by atoms with Crippen molar-refractivity contribution in [3.8, 4) is 0 Å². The molecule has 1 radical (unpaired) electrons. The normalized spacial score (nSPS) is 14.9. The van der Waals surface area contributed by atoms with Crippen LogP contribution in [0, 0.1) is 0 Å². The van der Waals surface area contributed by atoms with Crippen LogP contribution < -0.4 is 5.43 Å². The van der Waals surface area contributed by atoms with E-state index in [9.17, 15) is 0 Å². The summed E-state index contributed by atoms with van der Waals surface area (Å²) in [6.07, 6.45) is 1.97. The second-order valence-corrected chi connectivity index (χ2v) is 3.80. The fourth-order valence-corrected chi connectivity index (χ4v) is 1.58. The highest BCUT2D eigenvalue weighted by Gasteiger charge is 2.07. The molecule has 0 fully saturated rings. The van der Waals surface area contributed by atoms with Crippen LogP contribution in [-0.4, -0.2) is 5.71 Å². The quantitative estimate of drug-likeness (QED) is 0.716. The largest absolute Gasteiger partial charge is 0.155 e. The van der Waals surface area contributed by atoms with Crippen molar-refractivity contribution in [1.29, 1.82) is 0 Å². The van der Waals surface area contributed by atoms with E-state index in [0.717, 1.165) is 21.4 Å². The Hall–Kier alpha value is -1.09. The van der Waals surface area contributed by atoms with Gasteiger partial charge in [0, 0.05) is 10.0 Å². The van der Waals surface area contributed by atoms with Gasteiger partial charge in [-0.3, -0.25) is 0 Å². The van der Waals surface area contributed by atoms with Crippen LogP contribution in [0.15, 0.2) is 45.6 Å². The molecule has 1 heterocycles. The summed E-state index contributed by atoms with van der Waals surface area (Å²) < 4.78 is 1.06. The summed E-state index contributed by atoms with van der Waals surface area (Å²) in [5, 5.41) is 4.06. The number of halogens is 1. The van der Waals surface area contributed by atoms with E-state index in [0.29, 0.717) is 0 Å². The predicted octanol–water partition coefficient (Wildman–Crippen LogP) is 2.68. The number of benzene rings is 1. The van der Waals surface area contributed by atoms with Crippen LogP contribution in [0.5, 0.6) is 0 Å². The lowest BCUT2D eigenvalue weighted by Gasteiger charge is -1.96. The Kier molecular flexibility index (Phi) is 2.19. The smallest absolute Gasteiger partial charge is 0.0948 e. The van der Waals surface area contributed by atoms with E-state index in [1.54, 1.807) is 0 Å². The highest BCUT2D eigenvalue weighted by Crippen LogP contribution is 2.15. The number of hydrogen-bond acceptors (Lipinski definition) is 1. The number of allylic oxidation sites excluding steroid dienone is 2. The maximum atomic E-state index is 4.06. The summed E-state index contributed by atoms with van der Waals surface area (Å²) in [7, 11) is 0. The molecule has 0 aliphatic carbocycles. The molecule has 0 N–H and O–H groups in total. The van der Waals surface area contributed by atoms with Gasteiger partial charge in [-0.25, -0.2) is 0 Å². The molecule has 1 aliphatic rings. The lowest BCUT2D eigenvalue weighted by atomic mass is 10.1. The third-order valence-corrected chi connectivity index (χ3v) is 2.27. The summed E-state index contributed by atoms with van der Waals surface area (Å²) in [5.74, 6) is 0. The molecule has 0 atom stereocenters. The Labute approximate surface area is 85.5 Å². The van der Waals surface area contributed by atoms with Gasteiger partial charge in [-0.15, -0.1) is 0 Å². The first kappa shape index (κ1) is 8.51. The molecule has 0 aromatic heterocycles. The Balaban J connectivity index is 2.37. The third kappa shape index (κ3) is 1.80. The fourth-order valence-electron chi connectivity index (χ4n) is 1.18. The number of nitrogens with zero attached hydrogens (tertiary/aromatic N) is 2. The number of rotatable bonds is 1. The molecule has 65 valence electrons. The zero-order valence-corrected chi connectivity index (χ0v) is 8.75. The molecule has 0 bridgehead atoms. The van der Waals surface area contributed by atoms with Crippen LogP contribution in [0.2, 0.25) is 0 Å². The van der Waals surface area contributed by atoms with Crippen molar-refractivity contribution in [2.24, 2.45) is 5.10 Å². The van der Waals surface area contributed by atoms with Crippen LogP contribution in [0.1, 0.15) is 12.5 Å². The highest BCUT2D eigenvalue weighted by molar-refractivity contribution is 9.10. The van der Waals surface area contributed by atoms with Gasteiger partial charge in [0.25, 0.3) is 0 Å². The summed E-state index contributed by atoms with van der Waals surface area (Å²) >= 11 is 3.42. The summed E-state index contributed by atoms with van der Waals surface area (Å²) in [6, 6.07) is 8.04. The van der Waals surface area contributed by atoms with Gasteiger partial charge in [0.1, 0.15) is 0 Å². The zero-order valence-electron chi connectivity index (χ0n) is 7.16. The molecule has 1 aromatic carbocycles. The standard InChI is InChI=1S/C10H8BrN2/c1-7-5-10(13-12-7)8-3-2-4-9(11)6-8/h2-6H,1H3. The number of hydrogen-bond donors (Lipinski definition) is 0. The summed E-state index contributed by atoms with van der Waals surface area (Å²) in [4.78, 5) is 0. The van der Waals surface area contributed by atoms with Crippen LogP contribution in [0.4, 0.5) is 0 Å². The van der Waals surface area contributed by atoms with Gasteiger partial charge in [-0.1, -0.05) is 28.1 Å². The Morgan fingerprint density at radius 3 is 2.77 bits per heavy atom. The molecule has 0 amide bonds. The molecule has 1 aliphatic heterocycles. The van der Waals surface area contributed by atoms with E-state index in [1.807, 2.05) is 37.3 Å². The van der Waals surface area contributed by atoms with Crippen molar-refractivity contribution < 1.29 is 0 Å². The second-order valence-electron chi connectivity index (χ2n) is 2.88. The van der Waals surface area contributed by atoms with E-state index in [1.165, 1.54) is 0 Å². The molecule has 0 spiro atoms. The fraction of sp³-hybridized carbons (Fsp3) is 0.100. The first-order chi connectivity index (χ1) is 6.25. The first-order valence-electron chi connectivity index (χ1n) is 3.98. The van der Waals surface area contributed by atoms with Gasteiger partial charge in [0.05, 0.1) is 11.4 Å². The van der Waals surface area contributed by atoms with E-state index >= 15 is 0 Å². The van der Waals surface area contributed by atoms with Crippen LogP contribution in [0.3, 0.4) is 0 Å². The predicted molar refractivity (Wildman–Crippen MR) is 56.6 cm³/mol. The van der Waals surface area contributed by atoms with Gasteiger partial charge in [-0.05, 0) is 25.1 Å².